The molecule has 148 valence electrons. The summed E-state index contributed by atoms with van der Waals surface area (Å²) in [5, 5.41) is 5.00. The number of carbonyl (C=O) groups excluding carboxylic acids is 3. The maximum absolute atomic E-state index is 13.0. The number of rotatable bonds is 6. The summed E-state index contributed by atoms with van der Waals surface area (Å²) in [7, 11) is 0. The van der Waals surface area contributed by atoms with E-state index in [9.17, 15) is 18.8 Å². The maximum Gasteiger partial charge on any atom is 0.340 e. The lowest BCUT2D eigenvalue weighted by Gasteiger charge is -2.13. The fourth-order valence-electron chi connectivity index (χ4n) is 2.65. The first-order chi connectivity index (χ1) is 13.2. The standard InChI is InChI=1S/C20H20ClFN2O4/c1-11-6-12(2)19(13(3)7-11)24-17(25)9-23-18(26)10-28-20(27)15-5-4-14(22)8-16(15)21/h4-8H,9-10H2,1-3H3,(H,23,26)(H,24,25). The second kappa shape index (κ2) is 9.32. The maximum atomic E-state index is 13.0. The molecule has 0 aromatic heterocycles. The van der Waals surface area contributed by atoms with Crippen molar-refractivity contribution in [2.75, 3.05) is 18.5 Å². The van der Waals surface area contributed by atoms with Gasteiger partial charge in [0.2, 0.25) is 5.91 Å². The third-order valence-electron chi connectivity index (χ3n) is 3.87. The van der Waals surface area contributed by atoms with Crippen LogP contribution in [0.15, 0.2) is 30.3 Å². The number of amides is 2. The summed E-state index contributed by atoms with van der Waals surface area (Å²) < 4.78 is 17.8. The van der Waals surface area contributed by atoms with E-state index in [2.05, 4.69) is 10.6 Å². The minimum atomic E-state index is -0.865. The van der Waals surface area contributed by atoms with Crippen LogP contribution in [0.5, 0.6) is 0 Å². The Morgan fingerprint density at radius 1 is 1.04 bits per heavy atom. The predicted molar refractivity (Wildman–Crippen MR) is 104 cm³/mol. The molecule has 0 spiro atoms. The van der Waals surface area contributed by atoms with Gasteiger partial charge in [-0.05, 0) is 50.1 Å². The topological polar surface area (TPSA) is 84.5 Å². The number of aryl methyl sites for hydroxylation is 3. The monoisotopic (exact) mass is 406 g/mol. The van der Waals surface area contributed by atoms with E-state index in [-0.39, 0.29) is 17.1 Å². The molecule has 0 unspecified atom stereocenters. The van der Waals surface area contributed by atoms with Crippen LogP contribution in [0.2, 0.25) is 5.02 Å². The number of halogens is 2. The molecular formula is C20H20ClFN2O4. The van der Waals surface area contributed by atoms with Crippen molar-refractivity contribution in [3.05, 3.63) is 63.4 Å². The van der Waals surface area contributed by atoms with E-state index in [0.717, 1.165) is 34.9 Å². The normalized spacial score (nSPS) is 10.3. The number of benzene rings is 2. The van der Waals surface area contributed by atoms with Crippen molar-refractivity contribution in [1.29, 1.82) is 0 Å². The second-order valence-electron chi connectivity index (χ2n) is 6.30. The lowest BCUT2D eigenvalue weighted by Crippen LogP contribution is -2.35. The molecule has 0 aliphatic carbocycles. The molecule has 0 aliphatic rings. The van der Waals surface area contributed by atoms with E-state index in [1.54, 1.807) is 0 Å². The van der Waals surface area contributed by atoms with Gasteiger partial charge in [0.05, 0.1) is 17.1 Å². The molecule has 2 rings (SSSR count). The Morgan fingerprint density at radius 2 is 1.68 bits per heavy atom. The highest BCUT2D eigenvalue weighted by atomic mass is 35.5. The quantitative estimate of drug-likeness (QED) is 0.721. The Kier molecular flexibility index (Phi) is 7.12. The summed E-state index contributed by atoms with van der Waals surface area (Å²) in [6.07, 6.45) is 0. The van der Waals surface area contributed by atoms with E-state index in [1.165, 1.54) is 0 Å². The SMILES string of the molecule is Cc1cc(C)c(NC(=O)CNC(=O)COC(=O)c2ccc(F)cc2Cl)c(C)c1. The first kappa shape index (κ1) is 21.4. The first-order valence-corrected chi connectivity index (χ1v) is 8.81. The third-order valence-corrected chi connectivity index (χ3v) is 4.19. The zero-order valence-corrected chi connectivity index (χ0v) is 16.4. The Morgan fingerprint density at radius 3 is 2.29 bits per heavy atom. The number of esters is 1. The molecule has 0 bridgehead atoms. The lowest BCUT2D eigenvalue weighted by molar-refractivity contribution is -0.126. The molecule has 2 N–H and O–H groups in total. The van der Waals surface area contributed by atoms with E-state index >= 15 is 0 Å². The highest BCUT2D eigenvalue weighted by Gasteiger charge is 2.15. The number of nitrogens with one attached hydrogen (secondary N) is 2. The fraction of sp³-hybridized carbons (Fsp3) is 0.250. The van der Waals surface area contributed by atoms with Crippen LogP contribution in [0, 0.1) is 26.6 Å². The van der Waals surface area contributed by atoms with Crippen molar-refractivity contribution >= 4 is 35.1 Å². The summed E-state index contributed by atoms with van der Waals surface area (Å²) >= 11 is 5.76. The van der Waals surface area contributed by atoms with Crippen LogP contribution in [0.1, 0.15) is 27.0 Å². The zero-order chi connectivity index (χ0) is 20.8. The largest absolute Gasteiger partial charge is 0.452 e. The van der Waals surface area contributed by atoms with Crippen molar-refractivity contribution in [3.8, 4) is 0 Å². The van der Waals surface area contributed by atoms with Gasteiger partial charge < -0.3 is 15.4 Å². The predicted octanol–water partition coefficient (Wildman–Crippen LogP) is 3.32. The molecule has 0 radical (unpaired) electrons. The van der Waals surface area contributed by atoms with Crippen molar-refractivity contribution in [1.82, 2.24) is 5.32 Å². The summed E-state index contributed by atoms with van der Waals surface area (Å²) in [6, 6.07) is 7.08. The smallest absolute Gasteiger partial charge is 0.340 e. The second-order valence-corrected chi connectivity index (χ2v) is 6.71. The van der Waals surface area contributed by atoms with E-state index in [1.807, 2.05) is 32.9 Å². The van der Waals surface area contributed by atoms with Gasteiger partial charge in [-0.3, -0.25) is 9.59 Å². The molecular weight excluding hydrogens is 387 g/mol. The molecule has 6 nitrogen and oxygen atoms in total. The van der Waals surface area contributed by atoms with Gasteiger partial charge in [0, 0.05) is 5.69 Å². The summed E-state index contributed by atoms with van der Waals surface area (Å²) in [6.45, 7) is 4.86. The van der Waals surface area contributed by atoms with Gasteiger partial charge in [-0.25, -0.2) is 9.18 Å². The van der Waals surface area contributed by atoms with Crippen molar-refractivity contribution in [2.45, 2.75) is 20.8 Å². The lowest BCUT2D eigenvalue weighted by atomic mass is 10.1. The van der Waals surface area contributed by atoms with Crippen LogP contribution in [0.3, 0.4) is 0 Å². The van der Waals surface area contributed by atoms with Crippen LogP contribution in [0.4, 0.5) is 10.1 Å². The van der Waals surface area contributed by atoms with Crippen molar-refractivity contribution in [3.63, 3.8) is 0 Å². The molecule has 2 aromatic carbocycles. The first-order valence-electron chi connectivity index (χ1n) is 8.44. The molecule has 0 saturated carbocycles. The number of anilines is 1. The van der Waals surface area contributed by atoms with Crippen LogP contribution in [0.25, 0.3) is 0 Å². The van der Waals surface area contributed by atoms with Crippen LogP contribution in [-0.4, -0.2) is 30.9 Å². The van der Waals surface area contributed by atoms with Gasteiger partial charge in [0.25, 0.3) is 5.91 Å². The van der Waals surface area contributed by atoms with Crippen LogP contribution in [-0.2, 0) is 14.3 Å². The minimum absolute atomic E-state index is 0.0565. The van der Waals surface area contributed by atoms with Crippen molar-refractivity contribution in [2.24, 2.45) is 0 Å². The summed E-state index contributed by atoms with van der Waals surface area (Å²) in [5.41, 5.74) is 3.56. The molecule has 2 aromatic rings. The summed E-state index contributed by atoms with van der Waals surface area (Å²) in [4.78, 5) is 35.7. The molecule has 0 fully saturated rings. The number of hydrogen-bond donors (Lipinski definition) is 2. The van der Waals surface area contributed by atoms with E-state index in [0.29, 0.717) is 5.69 Å². The third kappa shape index (κ3) is 5.79. The molecule has 0 saturated heterocycles. The van der Waals surface area contributed by atoms with Crippen LogP contribution >= 0.6 is 11.6 Å². The molecule has 0 atom stereocenters. The van der Waals surface area contributed by atoms with Gasteiger partial charge in [0.1, 0.15) is 5.82 Å². The highest BCUT2D eigenvalue weighted by Crippen LogP contribution is 2.21. The Labute approximate surface area is 167 Å². The van der Waals surface area contributed by atoms with Crippen molar-refractivity contribution < 1.29 is 23.5 Å². The highest BCUT2D eigenvalue weighted by molar-refractivity contribution is 6.33. The average molecular weight is 407 g/mol. The Bertz CT molecular complexity index is 907. The van der Waals surface area contributed by atoms with E-state index < -0.39 is 30.2 Å². The zero-order valence-electron chi connectivity index (χ0n) is 15.7. The molecule has 0 aliphatic heterocycles. The van der Waals surface area contributed by atoms with Gasteiger partial charge in [-0.1, -0.05) is 29.3 Å². The molecule has 2 amide bonds. The van der Waals surface area contributed by atoms with Gasteiger partial charge >= 0.3 is 5.97 Å². The van der Waals surface area contributed by atoms with Gasteiger partial charge in [0.15, 0.2) is 6.61 Å². The van der Waals surface area contributed by atoms with E-state index in [4.69, 9.17) is 16.3 Å². The number of carbonyl (C=O) groups is 3. The number of ether oxygens (including phenoxy) is 1. The summed E-state index contributed by atoms with van der Waals surface area (Å²) in [5.74, 6) is -2.52. The molecule has 28 heavy (non-hydrogen) atoms. The average Bonchev–Trinajstić information content (AvgIpc) is 2.61. The van der Waals surface area contributed by atoms with Crippen LogP contribution < -0.4 is 10.6 Å². The Balaban J connectivity index is 1.82. The number of hydrogen-bond acceptors (Lipinski definition) is 4. The van der Waals surface area contributed by atoms with Gasteiger partial charge in [-0.2, -0.15) is 0 Å². The molecule has 8 heteroatoms. The fourth-order valence-corrected chi connectivity index (χ4v) is 2.90. The minimum Gasteiger partial charge on any atom is -0.452 e. The molecule has 0 heterocycles. The Hall–Kier alpha value is -2.93. The van der Waals surface area contributed by atoms with Gasteiger partial charge in [-0.15, -0.1) is 0 Å².